The van der Waals surface area contributed by atoms with Crippen molar-refractivity contribution in [2.75, 3.05) is 0 Å². The van der Waals surface area contributed by atoms with Crippen LogP contribution in [-0.4, -0.2) is 22.4 Å². The average Bonchev–Trinajstić information content (AvgIpc) is 3.77. The van der Waals surface area contributed by atoms with Gasteiger partial charge in [-0.1, -0.05) is 12.1 Å². The molecule has 0 unspecified atom stereocenters. The topological polar surface area (TPSA) is 9.86 Å². The number of benzene rings is 8. The van der Waals surface area contributed by atoms with Crippen LogP contribution in [0.5, 0.6) is 0 Å². The molecule has 0 bridgehead atoms. The number of hydrogen-bond acceptors (Lipinski definition) is 0. The van der Waals surface area contributed by atoms with Crippen molar-refractivity contribution in [3.63, 3.8) is 0 Å². The molecule has 240 valence electrons. The third kappa shape index (κ3) is 4.57. The van der Waals surface area contributed by atoms with Crippen LogP contribution in [0.3, 0.4) is 0 Å². The molecule has 0 radical (unpaired) electrons. The Morgan fingerprint density at radius 2 is 0.804 bits per heavy atom. The van der Waals surface area contributed by atoms with Crippen LogP contribution in [0.2, 0.25) is 0 Å². The van der Waals surface area contributed by atoms with Gasteiger partial charge in [0.1, 0.15) is 0 Å². The summed E-state index contributed by atoms with van der Waals surface area (Å²) in [5.74, 6) is 0. The molecule has 3 heteroatoms. The first-order valence-corrected chi connectivity index (χ1v) is 21.5. The van der Waals surface area contributed by atoms with Gasteiger partial charge in [-0.3, -0.25) is 0 Å². The molecule has 0 saturated carbocycles. The summed E-state index contributed by atoms with van der Waals surface area (Å²) in [7, 11) is 0. The number of rotatable bonds is 6. The van der Waals surface area contributed by atoms with Gasteiger partial charge in [-0.05, 0) is 0 Å². The second-order valence-electron chi connectivity index (χ2n) is 13.0. The summed E-state index contributed by atoms with van der Waals surface area (Å²) in [5.41, 5.74) is 5.39. The predicted molar refractivity (Wildman–Crippen MR) is 219 cm³/mol. The van der Waals surface area contributed by atoms with E-state index in [1.165, 1.54) is 17.6 Å². The van der Waals surface area contributed by atoms with Gasteiger partial charge >= 0.3 is 290 Å². The Morgan fingerprint density at radius 1 is 0.333 bits per heavy atom. The summed E-state index contributed by atoms with van der Waals surface area (Å²) in [5, 5.41) is 3.50. The zero-order chi connectivity index (χ0) is 37.3. The Bertz CT molecular complexity index is 2990. The van der Waals surface area contributed by atoms with Crippen molar-refractivity contribution < 1.29 is 5.48 Å². The van der Waals surface area contributed by atoms with Crippen LogP contribution in [0.15, 0.2) is 206 Å². The fourth-order valence-electron chi connectivity index (χ4n) is 8.26. The number of fused-ring (bicyclic) bond motifs is 6. The van der Waals surface area contributed by atoms with Gasteiger partial charge in [0.15, 0.2) is 0 Å². The van der Waals surface area contributed by atoms with E-state index >= 15 is 0 Å². The van der Waals surface area contributed by atoms with E-state index in [0.717, 1.165) is 44.1 Å². The molecule has 2 nitrogen and oxygen atoms in total. The Morgan fingerprint density at radius 3 is 1.43 bits per heavy atom. The van der Waals surface area contributed by atoms with Gasteiger partial charge in [0.2, 0.25) is 0 Å². The summed E-state index contributed by atoms with van der Waals surface area (Å²) < 4.78 is 44.6. The van der Waals surface area contributed by atoms with Gasteiger partial charge in [0, 0.05) is 0 Å². The van der Waals surface area contributed by atoms with Crippen LogP contribution < -0.4 is 17.6 Å². The summed E-state index contributed by atoms with van der Waals surface area (Å²) >= 11 is -3.54. The first-order chi connectivity index (χ1) is 27.0. The molecule has 0 aliphatic carbocycles. The van der Waals surface area contributed by atoms with E-state index in [-0.39, 0.29) is 24.2 Å². The van der Waals surface area contributed by atoms with E-state index in [0.29, 0.717) is 10.9 Å². The van der Waals surface area contributed by atoms with Crippen LogP contribution in [0.25, 0.3) is 55.0 Å². The van der Waals surface area contributed by atoms with Gasteiger partial charge in [-0.25, -0.2) is 0 Å². The minimum atomic E-state index is -3.54. The van der Waals surface area contributed by atoms with Crippen molar-refractivity contribution >= 4 is 74.5 Å². The van der Waals surface area contributed by atoms with Gasteiger partial charge in [0.25, 0.3) is 0 Å². The normalized spacial score (nSPS) is 13.0. The molecule has 0 fully saturated rings. The molecule has 2 heterocycles. The minimum absolute atomic E-state index is 0.0223. The molecule has 0 aliphatic rings. The average molecular weight is 715 g/mol. The van der Waals surface area contributed by atoms with Crippen LogP contribution in [-0.2, 0) is 0 Å². The van der Waals surface area contributed by atoms with Crippen molar-refractivity contribution in [2.24, 2.45) is 0 Å². The molecule has 0 spiro atoms. The molecule has 10 aromatic rings. The maximum absolute atomic E-state index is 9.00. The van der Waals surface area contributed by atoms with Gasteiger partial charge < -0.3 is 0 Å². The second kappa shape index (κ2) is 12.0. The molecule has 2 aromatic heterocycles. The molecule has 0 N–H and O–H groups in total. The first-order valence-electron chi connectivity index (χ1n) is 19.3. The van der Waals surface area contributed by atoms with E-state index in [1.54, 1.807) is 0 Å². The number of aromatic nitrogens is 2. The Hall–Kier alpha value is -6.10. The van der Waals surface area contributed by atoms with E-state index in [2.05, 4.69) is 162 Å². The van der Waals surface area contributed by atoms with Crippen molar-refractivity contribution in [1.82, 2.24) is 9.13 Å². The van der Waals surface area contributed by atoms with E-state index in [9.17, 15) is 0 Å². The second-order valence-corrected chi connectivity index (χ2v) is 21.0. The molecule has 10 rings (SSSR count). The van der Waals surface area contributed by atoms with Crippen molar-refractivity contribution in [1.29, 1.82) is 0 Å². The molecule has 8 aromatic carbocycles. The van der Waals surface area contributed by atoms with E-state index in [1.807, 2.05) is 28.8 Å². The SMILES string of the molecule is [2H]c1c([2H])c([2H])c2c(c1[2H])c1ccccc1n2-c1ccc2c(c1)c1ccccc1n2-c1ccc[c]([Ge]([c]2ccccc2)([c]2ccccc2)[c]2ccccc2)c1. The van der Waals surface area contributed by atoms with Crippen molar-refractivity contribution in [2.45, 2.75) is 0 Å². The number of para-hydroxylation sites is 3. The molecular formula is C48H34GeN2. The fourth-order valence-corrected chi connectivity index (χ4v) is 18.3. The Balaban J connectivity index is 1.24. The molecule has 0 atom stereocenters. The monoisotopic (exact) mass is 716 g/mol. The zero-order valence-corrected chi connectivity index (χ0v) is 29.8. The molecular weight excluding hydrogens is 677 g/mol. The summed E-state index contributed by atoms with van der Waals surface area (Å²) in [4.78, 5) is 0. The van der Waals surface area contributed by atoms with E-state index in [4.69, 9.17) is 5.48 Å². The Kier molecular flexibility index (Phi) is 6.10. The fraction of sp³-hybridized carbons (Fsp3) is 0. The van der Waals surface area contributed by atoms with Crippen LogP contribution in [0, 0.1) is 0 Å². The zero-order valence-electron chi connectivity index (χ0n) is 31.7. The molecule has 0 saturated heterocycles. The van der Waals surface area contributed by atoms with Crippen LogP contribution >= 0.6 is 0 Å². The van der Waals surface area contributed by atoms with E-state index < -0.39 is 13.3 Å². The first kappa shape index (κ1) is 25.8. The predicted octanol–water partition coefficient (Wildman–Crippen LogP) is 9.26. The standard InChI is InChI=1S/C48H34GeN2/c1-4-17-35(18-5-1)49(36-19-6-2-7-20-36,37-21-8-3-9-22-37)38-23-16-24-39(33-38)50-47-30-15-12-27-43(47)44-34-40(31-32-48(44)50)51-45-28-13-10-25-41(45)42-26-11-14-29-46(42)51/h1-34H/i10D,13D,25D,28D. The third-order valence-corrected chi connectivity index (χ3v) is 20.4. The molecule has 0 amide bonds. The van der Waals surface area contributed by atoms with Gasteiger partial charge in [-0.15, -0.1) is 0 Å². The van der Waals surface area contributed by atoms with Crippen LogP contribution in [0.1, 0.15) is 5.48 Å². The summed E-state index contributed by atoms with van der Waals surface area (Å²) in [6.07, 6.45) is 0. The quantitative estimate of drug-likeness (QED) is 0.152. The summed E-state index contributed by atoms with van der Waals surface area (Å²) in [6.45, 7) is 0. The van der Waals surface area contributed by atoms with Crippen molar-refractivity contribution in [3.05, 3.63) is 206 Å². The van der Waals surface area contributed by atoms with Crippen LogP contribution in [0.4, 0.5) is 0 Å². The van der Waals surface area contributed by atoms with Gasteiger partial charge in [-0.2, -0.15) is 0 Å². The Labute approximate surface area is 305 Å². The maximum atomic E-state index is 9.00. The van der Waals surface area contributed by atoms with Crippen molar-refractivity contribution in [3.8, 4) is 11.4 Å². The summed E-state index contributed by atoms with van der Waals surface area (Å²) in [6, 6.07) is 64.5. The number of nitrogens with zero attached hydrogens (tertiary/aromatic N) is 2. The third-order valence-electron chi connectivity index (χ3n) is 10.4. The number of hydrogen-bond donors (Lipinski definition) is 0. The van der Waals surface area contributed by atoms with Gasteiger partial charge in [0.05, 0.1) is 4.11 Å². The molecule has 51 heavy (non-hydrogen) atoms. The molecule has 0 aliphatic heterocycles.